The Bertz CT molecular complexity index is 758. The molecular formula is C22H30FIN4. The van der Waals surface area contributed by atoms with Crippen LogP contribution in [0.4, 0.5) is 4.39 Å². The monoisotopic (exact) mass is 496 g/mol. The maximum absolute atomic E-state index is 13.4. The van der Waals surface area contributed by atoms with Crippen molar-refractivity contribution in [1.29, 1.82) is 0 Å². The van der Waals surface area contributed by atoms with E-state index in [9.17, 15) is 4.39 Å². The van der Waals surface area contributed by atoms with Crippen LogP contribution in [0, 0.1) is 12.7 Å². The number of hydrogen-bond acceptors (Lipinski definition) is 2. The number of nitrogens with one attached hydrogen (secondary N) is 2. The molecule has 0 saturated carbocycles. The largest absolute Gasteiger partial charge is 0.354 e. The quantitative estimate of drug-likeness (QED) is 0.373. The topological polar surface area (TPSA) is 39.7 Å². The van der Waals surface area contributed by atoms with Crippen LogP contribution in [-0.2, 0) is 13.1 Å². The van der Waals surface area contributed by atoms with E-state index in [1.165, 1.54) is 11.6 Å². The summed E-state index contributed by atoms with van der Waals surface area (Å²) in [5.74, 6) is 0.641. The number of halogens is 2. The molecule has 1 fully saturated rings. The van der Waals surface area contributed by atoms with Gasteiger partial charge in [0, 0.05) is 39.3 Å². The molecular weight excluding hydrogens is 466 g/mol. The Balaban J connectivity index is 0.00000280. The normalized spacial score (nSPS) is 15.8. The molecule has 0 atom stereocenters. The molecule has 1 heterocycles. The standard InChI is InChI=1S/C22H29FN4.HI/c1-17-14-19(8-9-21(17)23)15-25-22(24-2)26-20-10-12-27(13-11-20)16-18-6-4-3-5-7-18;/h3-9,14,20H,10-13,15-16H2,1-2H3,(H2,24,25,26);1H. The SMILES string of the molecule is CN=C(NCc1ccc(F)c(C)c1)NC1CCN(Cc2ccccc2)CC1.I. The zero-order valence-electron chi connectivity index (χ0n) is 16.6. The van der Waals surface area contributed by atoms with Gasteiger partial charge in [-0.3, -0.25) is 9.89 Å². The molecule has 0 amide bonds. The molecule has 2 aromatic carbocycles. The molecule has 6 heteroatoms. The zero-order valence-corrected chi connectivity index (χ0v) is 18.9. The fraction of sp³-hybridized carbons (Fsp3) is 0.409. The molecule has 1 saturated heterocycles. The second-order valence-corrected chi connectivity index (χ2v) is 7.19. The van der Waals surface area contributed by atoms with Gasteiger partial charge in [0.05, 0.1) is 0 Å². The Hall–Kier alpha value is -1.67. The van der Waals surface area contributed by atoms with Crippen LogP contribution < -0.4 is 10.6 Å². The van der Waals surface area contributed by atoms with Gasteiger partial charge in [0.2, 0.25) is 0 Å². The van der Waals surface area contributed by atoms with E-state index in [0.717, 1.165) is 44.0 Å². The molecule has 1 aliphatic rings. The van der Waals surface area contributed by atoms with Crippen LogP contribution in [-0.4, -0.2) is 37.0 Å². The van der Waals surface area contributed by atoms with Gasteiger partial charge in [0.25, 0.3) is 0 Å². The summed E-state index contributed by atoms with van der Waals surface area (Å²) in [5.41, 5.74) is 3.09. The summed E-state index contributed by atoms with van der Waals surface area (Å²) in [5, 5.41) is 6.86. The van der Waals surface area contributed by atoms with Crippen LogP contribution in [0.15, 0.2) is 53.5 Å². The summed E-state index contributed by atoms with van der Waals surface area (Å²) >= 11 is 0. The molecule has 0 radical (unpaired) electrons. The lowest BCUT2D eigenvalue weighted by Gasteiger charge is -2.33. The number of aliphatic imine (C=N–C) groups is 1. The maximum atomic E-state index is 13.4. The predicted octanol–water partition coefficient (Wildman–Crippen LogP) is 4.08. The molecule has 152 valence electrons. The van der Waals surface area contributed by atoms with E-state index in [-0.39, 0.29) is 29.8 Å². The summed E-state index contributed by atoms with van der Waals surface area (Å²) in [6.45, 7) is 5.61. The van der Waals surface area contributed by atoms with Crippen molar-refractivity contribution in [2.24, 2.45) is 4.99 Å². The Morgan fingerprint density at radius 1 is 1.11 bits per heavy atom. The maximum Gasteiger partial charge on any atom is 0.191 e. The molecule has 0 spiro atoms. The van der Waals surface area contributed by atoms with E-state index in [1.54, 1.807) is 14.0 Å². The van der Waals surface area contributed by atoms with Crippen molar-refractivity contribution < 1.29 is 4.39 Å². The number of likely N-dealkylation sites (tertiary alicyclic amines) is 1. The molecule has 0 unspecified atom stereocenters. The van der Waals surface area contributed by atoms with Gasteiger partial charge < -0.3 is 10.6 Å². The smallest absolute Gasteiger partial charge is 0.191 e. The van der Waals surface area contributed by atoms with Crippen molar-refractivity contribution >= 4 is 29.9 Å². The first kappa shape index (κ1) is 22.6. The van der Waals surface area contributed by atoms with E-state index in [2.05, 4.69) is 50.9 Å². The lowest BCUT2D eigenvalue weighted by Crippen LogP contribution is -2.48. The first-order valence-corrected chi connectivity index (χ1v) is 9.62. The van der Waals surface area contributed by atoms with Gasteiger partial charge in [-0.05, 0) is 42.5 Å². The van der Waals surface area contributed by atoms with E-state index in [0.29, 0.717) is 18.2 Å². The molecule has 2 aromatic rings. The lowest BCUT2D eigenvalue weighted by atomic mass is 10.0. The Morgan fingerprint density at radius 2 is 1.82 bits per heavy atom. The first-order chi connectivity index (χ1) is 13.1. The molecule has 2 N–H and O–H groups in total. The van der Waals surface area contributed by atoms with Crippen LogP contribution in [0.25, 0.3) is 0 Å². The minimum absolute atomic E-state index is 0. The van der Waals surface area contributed by atoms with Gasteiger partial charge >= 0.3 is 0 Å². The Morgan fingerprint density at radius 3 is 2.46 bits per heavy atom. The van der Waals surface area contributed by atoms with Crippen molar-refractivity contribution in [3.05, 3.63) is 71.0 Å². The highest BCUT2D eigenvalue weighted by Crippen LogP contribution is 2.14. The fourth-order valence-corrected chi connectivity index (χ4v) is 3.47. The Labute approximate surface area is 184 Å². The second-order valence-electron chi connectivity index (χ2n) is 7.19. The number of nitrogens with zero attached hydrogens (tertiary/aromatic N) is 2. The number of hydrogen-bond donors (Lipinski definition) is 2. The van der Waals surface area contributed by atoms with Crippen LogP contribution in [0.1, 0.15) is 29.5 Å². The third kappa shape index (κ3) is 6.74. The van der Waals surface area contributed by atoms with Crippen molar-refractivity contribution in [3.8, 4) is 0 Å². The van der Waals surface area contributed by atoms with Crippen LogP contribution in [0.3, 0.4) is 0 Å². The highest BCUT2D eigenvalue weighted by atomic mass is 127. The molecule has 0 bridgehead atoms. The second kappa shape index (κ2) is 11.4. The van der Waals surface area contributed by atoms with E-state index in [4.69, 9.17) is 0 Å². The molecule has 3 rings (SSSR count). The first-order valence-electron chi connectivity index (χ1n) is 9.62. The summed E-state index contributed by atoms with van der Waals surface area (Å²) in [6.07, 6.45) is 2.20. The number of piperidine rings is 1. The van der Waals surface area contributed by atoms with Crippen LogP contribution in [0.5, 0.6) is 0 Å². The summed E-state index contributed by atoms with van der Waals surface area (Å²) < 4.78 is 13.4. The summed E-state index contributed by atoms with van der Waals surface area (Å²) in [7, 11) is 1.79. The number of benzene rings is 2. The molecule has 4 nitrogen and oxygen atoms in total. The third-order valence-electron chi connectivity index (χ3n) is 5.08. The minimum atomic E-state index is -0.163. The summed E-state index contributed by atoms with van der Waals surface area (Å²) in [6, 6.07) is 16.3. The molecule has 0 aliphatic carbocycles. The van der Waals surface area contributed by atoms with Crippen molar-refractivity contribution in [2.45, 2.75) is 38.9 Å². The molecule has 28 heavy (non-hydrogen) atoms. The van der Waals surface area contributed by atoms with Gasteiger partial charge in [0.15, 0.2) is 5.96 Å². The number of rotatable bonds is 5. The van der Waals surface area contributed by atoms with E-state index in [1.807, 2.05) is 12.1 Å². The zero-order chi connectivity index (χ0) is 19.1. The third-order valence-corrected chi connectivity index (χ3v) is 5.08. The van der Waals surface area contributed by atoms with Crippen LogP contribution >= 0.6 is 24.0 Å². The van der Waals surface area contributed by atoms with Crippen LogP contribution in [0.2, 0.25) is 0 Å². The van der Waals surface area contributed by atoms with Crippen molar-refractivity contribution in [2.75, 3.05) is 20.1 Å². The van der Waals surface area contributed by atoms with Crippen molar-refractivity contribution in [1.82, 2.24) is 15.5 Å². The number of aryl methyl sites for hydroxylation is 1. The van der Waals surface area contributed by atoms with Gasteiger partial charge in [-0.2, -0.15) is 0 Å². The highest BCUT2D eigenvalue weighted by Gasteiger charge is 2.20. The van der Waals surface area contributed by atoms with E-state index >= 15 is 0 Å². The molecule has 0 aromatic heterocycles. The van der Waals surface area contributed by atoms with Gasteiger partial charge in [-0.25, -0.2) is 4.39 Å². The average Bonchev–Trinajstić information content (AvgIpc) is 2.70. The van der Waals surface area contributed by atoms with Gasteiger partial charge in [-0.15, -0.1) is 24.0 Å². The summed E-state index contributed by atoms with van der Waals surface area (Å²) in [4.78, 5) is 6.84. The fourth-order valence-electron chi connectivity index (χ4n) is 3.47. The van der Waals surface area contributed by atoms with Gasteiger partial charge in [-0.1, -0.05) is 42.5 Å². The number of guanidine groups is 1. The predicted molar refractivity (Wildman–Crippen MR) is 125 cm³/mol. The van der Waals surface area contributed by atoms with Crippen molar-refractivity contribution in [3.63, 3.8) is 0 Å². The Kier molecular flexibility index (Phi) is 9.18. The lowest BCUT2D eigenvalue weighted by molar-refractivity contribution is 0.198. The average molecular weight is 496 g/mol. The van der Waals surface area contributed by atoms with E-state index < -0.39 is 0 Å². The molecule has 1 aliphatic heterocycles. The highest BCUT2D eigenvalue weighted by molar-refractivity contribution is 14.0. The van der Waals surface area contributed by atoms with Gasteiger partial charge in [0.1, 0.15) is 5.82 Å². The minimum Gasteiger partial charge on any atom is -0.354 e.